The summed E-state index contributed by atoms with van der Waals surface area (Å²) >= 11 is 0. The number of ether oxygens (including phenoxy) is 1. The number of esters is 1. The number of benzene rings is 1. The van der Waals surface area contributed by atoms with Gasteiger partial charge in [0.2, 0.25) is 5.91 Å². The number of unbranched alkanes of at least 4 members (excludes halogenated alkanes) is 2. The van der Waals surface area contributed by atoms with Gasteiger partial charge in [-0.15, -0.1) is 0 Å². The normalized spacial score (nSPS) is 14.7. The van der Waals surface area contributed by atoms with E-state index in [-0.39, 0.29) is 11.9 Å². The highest BCUT2D eigenvalue weighted by Crippen LogP contribution is 2.28. The fraction of sp³-hybridized carbons (Fsp3) is 0.562. The molecule has 0 aromatic heterocycles. The van der Waals surface area contributed by atoms with Crippen LogP contribution in [0.25, 0.3) is 0 Å². The molecule has 1 saturated heterocycles. The highest BCUT2D eigenvalue weighted by atomic mass is 19.4. The first-order valence-electron chi connectivity index (χ1n) is 14.6. The summed E-state index contributed by atoms with van der Waals surface area (Å²) in [5.74, 6) is -0.252. The number of rotatable bonds is 14. The zero-order valence-electron chi connectivity index (χ0n) is 25.4. The van der Waals surface area contributed by atoms with Gasteiger partial charge in [-0.05, 0) is 62.6 Å². The van der Waals surface area contributed by atoms with E-state index in [2.05, 4.69) is 11.5 Å². The molecule has 0 atom stereocenters. The van der Waals surface area contributed by atoms with Crippen molar-refractivity contribution in [1.29, 1.82) is 0 Å². The molecule has 230 valence electrons. The summed E-state index contributed by atoms with van der Waals surface area (Å²) in [6, 6.07) is 7.13. The Labute approximate surface area is 244 Å². The van der Waals surface area contributed by atoms with Gasteiger partial charge in [0.25, 0.3) is 0 Å². The molecule has 0 unspecified atom stereocenters. The van der Waals surface area contributed by atoms with Crippen LogP contribution in [0.1, 0.15) is 75.7 Å². The number of methoxy groups -OCH3 is 1. The van der Waals surface area contributed by atoms with Crippen LogP contribution in [0.15, 0.2) is 60.3 Å². The molecule has 41 heavy (non-hydrogen) atoms. The average molecular weight is 580 g/mol. The Kier molecular flexibility index (Phi) is 16.8. The van der Waals surface area contributed by atoms with Crippen molar-refractivity contribution >= 4 is 11.9 Å². The maximum Gasteiger partial charge on any atom is 0.416 e. The van der Waals surface area contributed by atoms with E-state index in [1.165, 1.54) is 26.2 Å². The second-order valence-corrected chi connectivity index (χ2v) is 9.66. The van der Waals surface area contributed by atoms with Gasteiger partial charge in [-0.25, -0.2) is 4.79 Å². The van der Waals surface area contributed by atoms with Crippen molar-refractivity contribution < 1.29 is 27.5 Å². The van der Waals surface area contributed by atoms with E-state index >= 15 is 0 Å². The molecule has 6 nitrogen and oxygen atoms in total. The average Bonchev–Trinajstić information content (AvgIpc) is 2.98. The van der Waals surface area contributed by atoms with Crippen LogP contribution in [-0.4, -0.2) is 79.1 Å². The standard InChI is InChI=1S/C30H42F3N3O3.C2H6/c1-5-16-36(23-24-12-14-25(15-13-24)29(38)39-4)28(37)11-9-8-10-17-34-18-20-35(21-19-34)27(7-3)22-26(6-2)30(31,32)33;1-2/h6-7,12-15,22H,3,5,8-11,16-21,23H2,1-2,4H3;1-2H3/b26-6+,27-22+;. The number of allylic oxidation sites excluding steroid dienone is 4. The minimum Gasteiger partial charge on any atom is -0.465 e. The van der Waals surface area contributed by atoms with Crippen LogP contribution in [0.2, 0.25) is 0 Å². The third-order valence-corrected chi connectivity index (χ3v) is 6.85. The molecule has 0 aliphatic carbocycles. The quantitative estimate of drug-likeness (QED) is 0.135. The topological polar surface area (TPSA) is 53.1 Å². The second kappa shape index (κ2) is 19.1. The molecule has 0 radical (unpaired) electrons. The Morgan fingerprint density at radius 2 is 1.68 bits per heavy atom. The maximum atomic E-state index is 13.1. The van der Waals surface area contributed by atoms with Crippen LogP contribution < -0.4 is 0 Å². The van der Waals surface area contributed by atoms with Crippen molar-refractivity contribution in [3.8, 4) is 0 Å². The molecule has 1 aromatic rings. The lowest BCUT2D eigenvalue weighted by Crippen LogP contribution is -2.45. The summed E-state index contributed by atoms with van der Waals surface area (Å²) in [6.45, 7) is 16.1. The molecule has 0 saturated carbocycles. The van der Waals surface area contributed by atoms with Crippen molar-refractivity contribution in [3.05, 3.63) is 71.5 Å². The lowest BCUT2D eigenvalue weighted by atomic mass is 10.1. The van der Waals surface area contributed by atoms with Crippen molar-refractivity contribution in [1.82, 2.24) is 14.7 Å². The van der Waals surface area contributed by atoms with E-state index in [4.69, 9.17) is 4.74 Å². The summed E-state index contributed by atoms with van der Waals surface area (Å²) in [7, 11) is 1.35. The number of hydrogen-bond donors (Lipinski definition) is 0. The predicted octanol–water partition coefficient (Wildman–Crippen LogP) is 6.99. The number of piperazine rings is 1. The van der Waals surface area contributed by atoms with E-state index in [0.29, 0.717) is 43.9 Å². The molecule has 2 rings (SSSR count). The first-order chi connectivity index (χ1) is 19.6. The van der Waals surface area contributed by atoms with Gasteiger partial charge in [-0.2, -0.15) is 13.2 Å². The Hall–Kier alpha value is -3.07. The summed E-state index contributed by atoms with van der Waals surface area (Å²) in [5.41, 5.74) is 1.29. The second-order valence-electron chi connectivity index (χ2n) is 9.66. The number of alkyl halides is 3. The molecule has 0 bridgehead atoms. The summed E-state index contributed by atoms with van der Waals surface area (Å²) in [5, 5.41) is 0. The first kappa shape index (κ1) is 36.0. The van der Waals surface area contributed by atoms with Crippen LogP contribution in [0.4, 0.5) is 13.2 Å². The van der Waals surface area contributed by atoms with Gasteiger partial charge in [0.15, 0.2) is 0 Å². The van der Waals surface area contributed by atoms with Crippen molar-refractivity contribution in [3.63, 3.8) is 0 Å². The number of hydrogen-bond acceptors (Lipinski definition) is 5. The highest BCUT2D eigenvalue weighted by Gasteiger charge is 2.32. The number of carbonyl (C=O) groups is 2. The Balaban J connectivity index is 0.00000411. The summed E-state index contributed by atoms with van der Waals surface area (Å²) in [4.78, 5) is 30.6. The molecule has 9 heteroatoms. The molecule has 1 heterocycles. The Morgan fingerprint density at radius 3 is 2.20 bits per heavy atom. The lowest BCUT2D eigenvalue weighted by molar-refractivity contribution is -0.132. The highest BCUT2D eigenvalue weighted by molar-refractivity contribution is 5.89. The van der Waals surface area contributed by atoms with Crippen LogP contribution >= 0.6 is 0 Å². The molecule has 1 aromatic carbocycles. The van der Waals surface area contributed by atoms with Crippen molar-refractivity contribution in [2.24, 2.45) is 0 Å². The number of nitrogens with zero attached hydrogens (tertiary/aromatic N) is 3. The fourth-order valence-electron chi connectivity index (χ4n) is 4.59. The van der Waals surface area contributed by atoms with E-state index in [1.54, 1.807) is 12.1 Å². The smallest absolute Gasteiger partial charge is 0.416 e. The van der Waals surface area contributed by atoms with Crippen LogP contribution in [0.5, 0.6) is 0 Å². The number of halogens is 3. The lowest BCUT2D eigenvalue weighted by Gasteiger charge is -2.36. The predicted molar refractivity (Wildman–Crippen MR) is 159 cm³/mol. The third-order valence-electron chi connectivity index (χ3n) is 6.85. The molecule has 1 amide bonds. The fourth-order valence-corrected chi connectivity index (χ4v) is 4.59. The van der Waals surface area contributed by atoms with Crippen LogP contribution in [0, 0.1) is 0 Å². The zero-order chi connectivity index (χ0) is 30.8. The van der Waals surface area contributed by atoms with Crippen LogP contribution in [0.3, 0.4) is 0 Å². The van der Waals surface area contributed by atoms with Gasteiger partial charge in [-0.1, -0.05) is 52.0 Å². The molecule has 1 fully saturated rings. The largest absolute Gasteiger partial charge is 0.465 e. The van der Waals surface area contributed by atoms with Crippen molar-refractivity contribution in [2.45, 2.75) is 72.5 Å². The number of amides is 1. The van der Waals surface area contributed by atoms with Gasteiger partial charge in [0, 0.05) is 51.4 Å². The molecule has 1 aliphatic rings. The van der Waals surface area contributed by atoms with Gasteiger partial charge < -0.3 is 14.5 Å². The Bertz CT molecular complexity index is 996. The van der Waals surface area contributed by atoms with Gasteiger partial charge in [0.05, 0.1) is 18.2 Å². The molecule has 0 N–H and O–H groups in total. The zero-order valence-corrected chi connectivity index (χ0v) is 25.4. The van der Waals surface area contributed by atoms with E-state index in [0.717, 1.165) is 57.0 Å². The minimum atomic E-state index is -4.38. The Morgan fingerprint density at radius 1 is 1.05 bits per heavy atom. The van der Waals surface area contributed by atoms with E-state index < -0.39 is 11.7 Å². The van der Waals surface area contributed by atoms with E-state index in [9.17, 15) is 22.8 Å². The van der Waals surface area contributed by atoms with Crippen LogP contribution in [-0.2, 0) is 16.1 Å². The molecule has 0 spiro atoms. The van der Waals surface area contributed by atoms with Gasteiger partial charge in [0.1, 0.15) is 0 Å². The molecular formula is C32H48F3N3O3. The molecule has 1 aliphatic heterocycles. The first-order valence-corrected chi connectivity index (χ1v) is 14.6. The number of carbonyl (C=O) groups excluding carboxylic acids is 2. The minimum absolute atomic E-state index is 0.130. The third kappa shape index (κ3) is 12.5. The van der Waals surface area contributed by atoms with E-state index in [1.807, 2.05) is 42.7 Å². The summed E-state index contributed by atoms with van der Waals surface area (Å²) < 4.78 is 44.1. The maximum absolute atomic E-state index is 13.1. The van der Waals surface area contributed by atoms with Crippen molar-refractivity contribution in [2.75, 3.05) is 46.4 Å². The molecular weight excluding hydrogens is 531 g/mol. The van der Waals surface area contributed by atoms with Gasteiger partial charge >= 0.3 is 12.1 Å². The monoisotopic (exact) mass is 579 g/mol. The van der Waals surface area contributed by atoms with Gasteiger partial charge in [-0.3, -0.25) is 9.69 Å². The summed E-state index contributed by atoms with van der Waals surface area (Å²) in [6.07, 6.45) is 3.44. The SMILES string of the molecule is C=C/C(=C\C(=C/C)C(F)(F)F)N1CCN(CCCCCC(=O)N(CCC)Cc2ccc(C(=O)OC)cc2)CC1.CC.